The average molecular weight is 343 g/mol. The van der Waals surface area contributed by atoms with E-state index in [0.29, 0.717) is 18.5 Å². The van der Waals surface area contributed by atoms with Gasteiger partial charge >= 0.3 is 0 Å². The molecule has 0 aliphatic carbocycles. The minimum atomic E-state index is 0.481. The van der Waals surface area contributed by atoms with Crippen molar-refractivity contribution in [3.05, 3.63) is 0 Å². The molecule has 3 unspecified atom stereocenters. The van der Waals surface area contributed by atoms with Crippen LogP contribution in [0.3, 0.4) is 0 Å². The summed E-state index contributed by atoms with van der Waals surface area (Å²) in [5.74, 6) is 0. The molecule has 1 fully saturated rings. The predicted octanol–water partition coefficient (Wildman–Crippen LogP) is 1.67. The van der Waals surface area contributed by atoms with Crippen LogP contribution in [0.4, 0.5) is 0 Å². The lowest BCUT2D eigenvalue weighted by Gasteiger charge is -2.52. The fraction of sp³-hybridized carbons (Fsp3) is 1.00. The fourth-order valence-corrected chi connectivity index (χ4v) is 4.25. The highest BCUT2D eigenvalue weighted by atomic mass is 15.6. The second-order valence-electron chi connectivity index (χ2n) is 7.75. The zero-order chi connectivity index (χ0) is 18.4. The van der Waals surface area contributed by atoms with Gasteiger partial charge in [-0.2, -0.15) is 0 Å². The van der Waals surface area contributed by atoms with E-state index < -0.39 is 0 Å². The topological polar surface area (TPSA) is 19.4 Å². The first-order chi connectivity index (χ1) is 11.3. The van der Waals surface area contributed by atoms with Crippen molar-refractivity contribution in [3.63, 3.8) is 0 Å². The molecular weight excluding hydrogens is 300 g/mol. The lowest BCUT2D eigenvalue weighted by Crippen LogP contribution is -2.66. The van der Waals surface area contributed by atoms with E-state index in [0.717, 1.165) is 39.3 Å². The lowest BCUT2D eigenvalue weighted by atomic mass is 10.2. The summed E-state index contributed by atoms with van der Waals surface area (Å²) in [7, 11) is 13.2. The molecule has 1 heterocycles. The zero-order valence-electron chi connectivity index (χ0n) is 17.7. The SMILES string of the molecule is CCC(N(C)C)N1CN(C(CC)N(C)C)CN(C(CC)N(C)C)C1. The van der Waals surface area contributed by atoms with Crippen LogP contribution in [0.2, 0.25) is 0 Å². The van der Waals surface area contributed by atoms with Crippen molar-refractivity contribution in [3.8, 4) is 0 Å². The standard InChI is InChI=1S/C18H42N6/c1-10-16(19(4)5)22-13-23(17(11-2)20(6)7)15-24(14-22)18(12-3)21(8)9/h16-18H,10-15H2,1-9H3. The maximum atomic E-state index is 2.63. The van der Waals surface area contributed by atoms with Gasteiger partial charge in [0.1, 0.15) is 0 Å². The van der Waals surface area contributed by atoms with E-state index in [1.807, 2.05) is 0 Å². The summed E-state index contributed by atoms with van der Waals surface area (Å²) in [6.07, 6.45) is 4.88. The van der Waals surface area contributed by atoms with Crippen LogP contribution in [-0.4, -0.2) is 110 Å². The van der Waals surface area contributed by atoms with Crippen molar-refractivity contribution in [2.24, 2.45) is 0 Å². The molecule has 0 aromatic rings. The first kappa shape index (κ1) is 21.8. The Hall–Kier alpha value is -0.240. The van der Waals surface area contributed by atoms with E-state index in [-0.39, 0.29) is 0 Å². The molecule has 1 rings (SSSR count). The third-order valence-corrected chi connectivity index (χ3v) is 5.24. The van der Waals surface area contributed by atoms with Crippen molar-refractivity contribution in [2.45, 2.75) is 58.5 Å². The van der Waals surface area contributed by atoms with Crippen LogP contribution in [0.1, 0.15) is 40.0 Å². The average Bonchev–Trinajstić information content (AvgIpc) is 2.48. The predicted molar refractivity (Wildman–Crippen MR) is 103 cm³/mol. The molecule has 3 atom stereocenters. The molecule has 0 radical (unpaired) electrons. The van der Waals surface area contributed by atoms with Gasteiger partial charge in [-0.1, -0.05) is 20.8 Å². The van der Waals surface area contributed by atoms with Gasteiger partial charge in [0, 0.05) is 0 Å². The molecule has 0 N–H and O–H groups in total. The summed E-state index contributed by atoms with van der Waals surface area (Å²) in [6.45, 7) is 9.98. The Morgan fingerprint density at radius 2 is 0.750 bits per heavy atom. The Morgan fingerprint density at radius 3 is 0.875 bits per heavy atom. The smallest absolute Gasteiger partial charge is 0.0637 e. The normalized spacial score (nSPS) is 22.5. The van der Waals surface area contributed by atoms with Gasteiger partial charge in [0.25, 0.3) is 0 Å². The third-order valence-electron chi connectivity index (χ3n) is 5.24. The Kier molecular flexibility index (Phi) is 9.12. The highest BCUT2D eigenvalue weighted by molar-refractivity contribution is 4.81. The van der Waals surface area contributed by atoms with Crippen molar-refractivity contribution < 1.29 is 0 Å². The molecule has 1 aliphatic rings. The summed E-state index contributed by atoms with van der Waals surface area (Å²) < 4.78 is 0. The Balaban J connectivity index is 3.05. The minimum absolute atomic E-state index is 0.481. The first-order valence-corrected chi connectivity index (χ1v) is 9.48. The molecule has 0 bridgehead atoms. The number of hydrogen-bond donors (Lipinski definition) is 0. The van der Waals surface area contributed by atoms with Gasteiger partial charge in [-0.15, -0.1) is 0 Å². The molecule has 6 heteroatoms. The van der Waals surface area contributed by atoms with Crippen molar-refractivity contribution in [1.29, 1.82) is 0 Å². The second-order valence-corrected chi connectivity index (χ2v) is 7.75. The number of rotatable bonds is 9. The van der Waals surface area contributed by atoms with Crippen LogP contribution < -0.4 is 0 Å². The zero-order valence-corrected chi connectivity index (χ0v) is 17.7. The van der Waals surface area contributed by atoms with Crippen molar-refractivity contribution >= 4 is 0 Å². The fourth-order valence-electron chi connectivity index (χ4n) is 4.25. The molecule has 0 amide bonds. The molecule has 144 valence electrons. The summed E-state index contributed by atoms with van der Waals surface area (Å²) in [5.41, 5.74) is 0. The Labute approximate surface area is 150 Å². The highest BCUT2D eigenvalue weighted by Gasteiger charge is 2.35. The van der Waals surface area contributed by atoms with Crippen LogP contribution in [0.15, 0.2) is 0 Å². The van der Waals surface area contributed by atoms with E-state index >= 15 is 0 Å². The molecule has 0 aromatic heterocycles. The maximum Gasteiger partial charge on any atom is 0.0637 e. The second kappa shape index (κ2) is 10.0. The van der Waals surface area contributed by atoms with Crippen LogP contribution in [0.25, 0.3) is 0 Å². The van der Waals surface area contributed by atoms with Crippen LogP contribution in [0, 0.1) is 0 Å². The van der Waals surface area contributed by atoms with Gasteiger partial charge in [0.15, 0.2) is 0 Å². The highest BCUT2D eigenvalue weighted by Crippen LogP contribution is 2.21. The molecular formula is C18H42N6. The molecule has 0 spiro atoms. The first-order valence-electron chi connectivity index (χ1n) is 9.48. The van der Waals surface area contributed by atoms with Gasteiger partial charge in [-0.3, -0.25) is 29.4 Å². The van der Waals surface area contributed by atoms with E-state index in [2.05, 4.69) is 92.5 Å². The van der Waals surface area contributed by atoms with Gasteiger partial charge in [-0.25, -0.2) is 0 Å². The summed E-state index contributed by atoms with van der Waals surface area (Å²) in [6, 6.07) is 0. The molecule has 6 nitrogen and oxygen atoms in total. The van der Waals surface area contributed by atoms with Gasteiger partial charge in [-0.05, 0) is 61.5 Å². The van der Waals surface area contributed by atoms with E-state index in [1.165, 1.54) is 0 Å². The maximum absolute atomic E-state index is 2.63. The van der Waals surface area contributed by atoms with Gasteiger partial charge in [0.05, 0.1) is 38.5 Å². The quantitative estimate of drug-likeness (QED) is 0.630. The van der Waals surface area contributed by atoms with Crippen LogP contribution >= 0.6 is 0 Å². The summed E-state index contributed by atoms with van der Waals surface area (Å²) in [4.78, 5) is 14.9. The lowest BCUT2D eigenvalue weighted by molar-refractivity contribution is -0.143. The van der Waals surface area contributed by atoms with Crippen molar-refractivity contribution in [1.82, 2.24) is 29.4 Å². The van der Waals surface area contributed by atoms with Gasteiger partial charge < -0.3 is 0 Å². The molecule has 0 aromatic carbocycles. The van der Waals surface area contributed by atoms with Gasteiger partial charge in [0.2, 0.25) is 0 Å². The van der Waals surface area contributed by atoms with E-state index in [9.17, 15) is 0 Å². The van der Waals surface area contributed by atoms with E-state index in [4.69, 9.17) is 0 Å². The summed E-state index contributed by atoms with van der Waals surface area (Å²) >= 11 is 0. The third kappa shape index (κ3) is 5.38. The number of nitrogens with zero attached hydrogens (tertiary/aromatic N) is 6. The van der Waals surface area contributed by atoms with Crippen molar-refractivity contribution in [2.75, 3.05) is 62.3 Å². The Morgan fingerprint density at radius 1 is 0.542 bits per heavy atom. The minimum Gasteiger partial charge on any atom is -0.294 e. The molecule has 1 aliphatic heterocycles. The molecule has 1 saturated heterocycles. The molecule has 24 heavy (non-hydrogen) atoms. The molecule has 0 saturated carbocycles. The largest absolute Gasteiger partial charge is 0.294 e. The summed E-state index contributed by atoms with van der Waals surface area (Å²) in [5, 5.41) is 0. The van der Waals surface area contributed by atoms with Crippen LogP contribution in [0.5, 0.6) is 0 Å². The van der Waals surface area contributed by atoms with Crippen LogP contribution in [-0.2, 0) is 0 Å². The Bertz CT molecular complexity index is 288. The van der Waals surface area contributed by atoms with E-state index in [1.54, 1.807) is 0 Å². The number of hydrogen-bond acceptors (Lipinski definition) is 6. The monoisotopic (exact) mass is 342 g/mol.